The molecular formula is C10H7N3O3S2. The molecule has 92 valence electrons. The number of carbonyl (C=O) groups excluding carboxylic acids is 1. The van der Waals surface area contributed by atoms with Gasteiger partial charge in [-0.2, -0.15) is 0 Å². The van der Waals surface area contributed by atoms with Crippen LogP contribution in [0.1, 0.15) is 15.2 Å². The van der Waals surface area contributed by atoms with Crippen molar-refractivity contribution in [3.63, 3.8) is 0 Å². The number of amides is 1. The van der Waals surface area contributed by atoms with Crippen molar-refractivity contribution in [1.82, 2.24) is 10.2 Å². The first-order chi connectivity index (χ1) is 8.65. The minimum atomic E-state index is -1.02. The van der Waals surface area contributed by atoms with Gasteiger partial charge in [0.2, 0.25) is 5.13 Å². The number of hydrogen-bond acceptors (Lipinski definition) is 6. The Morgan fingerprint density at radius 1 is 1.39 bits per heavy atom. The van der Waals surface area contributed by atoms with Crippen LogP contribution in [0, 0.1) is 0 Å². The summed E-state index contributed by atoms with van der Waals surface area (Å²) in [5.41, 5.74) is 1.98. The molecule has 0 aliphatic rings. The minimum absolute atomic E-state index is 0.294. The highest BCUT2D eigenvalue weighted by atomic mass is 32.1. The van der Waals surface area contributed by atoms with Gasteiger partial charge >= 0.3 is 5.97 Å². The molecule has 2 aromatic rings. The first-order valence-electron chi connectivity index (χ1n) is 4.72. The summed E-state index contributed by atoms with van der Waals surface area (Å²) >= 11 is 2.51. The molecule has 0 saturated heterocycles. The molecule has 0 aliphatic heterocycles. The molecule has 0 aliphatic carbocycles. The molecule has 6 nitrogen and oxygen atoms in total. The minimum Gasteiger partial charge on any atom is -0.478 e. The summed E-state index contributed by atoms with van der Waals surface area (Å²) in [6.07, 6.45) is 2.47. The van der Waals surface area contributed by atoms with Crippen molar-refractivity contribution >= 4 is 45.8 Å². The molecule has 0 atom stereocenters. The number of hydrogen-bond donors (Lipinski definition) is 2. The van der Waals surface area contributed by atoms with Gasteiger partial charge in [-0.05, 0) is 12.1 Å². The fourth-order valence-corrected chi connectivity index (χ4v) is 2.33. The van der Waals surface area contributed by atoms with Gasteiger partial charge in [-0.15, -0.1) is 21.5 Å². The maximum Gasteiger partial charge on any atom is 0.328 e. The Hall–Kier alpha value is -2.06. The van der Waals surface area contributed by atoms with E-state index in [9.17, 15) is 9.59 Å². The van der Waals surface area contributed by atoms with Crippen LogP contribution >= 0.6 is 22.7 Å². The van der Waals surface area contributed by atoms with Crippen molar-refractivity contribution in [2.75, 3.05) is 5.32 Å². The fourth-order valence-electron chi connectivity index (χ4n) is 1.11. The first-order valence-corrected chi connectivity index (χ1v) is 6.48. The topological polar surface area (TPSA) is 92.2 Å². The van der Waals surface area contributed by atoms with E-state index < -0.39 is 5.97 Å². The summed E-state index contributed by atoms with van der Waals surface area (Å²) in [7, 11) is 0. The summed E-state index contributed by atoms with van der Waals surface area (Å²) < 4.78 is 0. The van der Waals surface area contributed by atoms with Crippen LogP contribution in [0.25, 0.3) is 6.08 Å². The number of carbonyl (C=O) groups is 2. The molecule has 2 heterocycles. The summed E-state index contributed by atoms with van der Waals surface area (Å²) in [6, 6.07) is 1.61. The number of carboxylic acid groups (broad SMARTS) is 1. The lowest BCUT2D eigenvalue weighted by molar-refractivity contribution is -0.131. The van der Waals surface area contributed by atoms with E-state index in [0.717, 1.165) is 6.08 Å². The highest BCUT2D eigenvalue weighted by Gasteiger charge is 2.09. The molecule has 2 rings (SSSR count). The van der Waals surface area contributed by atoms with Crippen LogP contribution in [0.15, 0.2) is 23.0 Å². The van der Waals surface area contributed by atoms with Crippen LogP contribution < -0.4 is 5.32 Å². The van der Waals surface area contributed by atoms with Gasteiger partial charge in [-0.3, -0.25) is 10.1 Å². The van der Waals surface area contributed by atoms with E-state index >= 15 is 0 Å². The van der Waals surface area contributed by atoms with Crippen LogP contribution in [-0.2, 0) is 4.79 Å². The van der Waals surface area contributed by atoms with Crippen LogP contribution in [0.5, 0.6) is 0 Å². The Balaban J connectivity index is 2.05. The summed E-state index contributed by atoms with van der Waals surface area (Å²) in [6.45, 7) is 0. The monoisotopic (exact) mass is 281 g/mol. The lowest BCUT2D eigenvalue weighted by Gasteiger charge is -1.96. The Kier molecular flexibility index (Phi) is 3.80. The average molecular weight is 281 g/mol. The standard InChI is InChI=1S/C10H7N3O3S2/c14-8(15)2-1-7-3-6(4-17-7)9(16)12-10-13-11-5-18-10/h1-5H,(H,14,15)(H,12,13,16). The summed E-state index contributed by atoms with van der Waals surface area (Å²) in [4.78, 5) is 22.8. The highest BCUT2D eigenvalue weighted by Crippen LogP contribution is 2.18. The second-order valence-electron chi connectivity index (χ2n) is 3.11. The van der Waals surface area contributed by atoms with E-state index in [1.165, 1.54) is 34.3 Å². The SMILES string of the molecule is O=C(O)C=Cc1cc(C(=O)Nc2nncs2)cs1. The average Bonchev–Trinajstić information content (AvgIpc) is 2.96. The Morgan fingerprint density at radius 2 is 2.22 bits per heavy atom. The molecule has 8 heteroatoms. The molecule has 0 spiro atoms. The van der Waals surface area contributed by atoms with Gasteiger partial charge in [0, 0.05) is 16.3 Å². The third-order valence-corrected chi connectivity index (χ3v) is 3.36. The van der Waals surface area contributed by atoms with E-state index in [1.807, 2.05) is 0 Å². The number of carboxylic acids is 1. The molecule has 2 N–H and O–H groups in total. The Morgan fingerprint density at radius 3 is 2.89 bits per heavy atom. The predicted octanol–water partition coefficient (Wildman–Crippen LogP) is 1.95. The molecule has 0 saturated carbocycles. The second-order valence-corrected chi connectivity index (χ2v) is 4.88. The molecule has 18 heavy (non-hydrogen) atoms. The van der Waals surface area contributed by atoms with Crippen LogP contribution in [0.4, 0.5) is 5.13 Å². The van der Waals surface area contributed by atoms with Crippen molar-refractivity contribution in [2.45, 2.75) is 0 Å². The maximum atomic E-state index is 11.8. The number of rotatable bonds is 4. The highest BCUT2D eigenvalue weighted by molar-refractivity contribution is 7.13. The Labute approximate surface area is 110 Å². The number of nitrogens with one attached hydrogen (secondary N) is 1. The maximum absolute atomic E-state index is 11.8. The molecule has 2 aromatic heterocycles. The van der Waals surface area contributed by atoms with Crippen molar-refractivity contribution in [1.29, 1.82) is 0 Å². The predicted molar refractivity (Wildman–Crippen MR) is 68.9 cm³/mol. The van der Waals surface area contributed by atoms with E-state index in [2.05, 4.69) is 15.5 Å². The van der Waals surface area contributed by atoms with E-state index in [-0.39, 0.29) is 5.91 Å². The van der Waals surface area contributed by atoms with Gasteiger partial charge in [0.15, 0.2) is 0 Å². The van der Waals surface area contributed by atoms with Crippen LogP contribution in [0.3, 0.4) is 0 Å². The van der Waals surface area contributed by atoms with E-state index in [0.29, 0.717) is 15.6 Å². The summed E-state index contributed by atoms with van der Waals surface area (Å²) in [5, 5.41) is 20.5. The third-order valence-electron chi connectivity index (χ3n) is 1.85. The zero-order valence-corrected chi connectivity index (χ0v) is 10.5. The molecule has 0 unspecified atom stereocenters. The number of thiophene rings is 1. The molecule has 1 amide bonds. The van der Waals surface area contributed by atoms with E-state index in [4.69, 9.17) is 5.11 Å². The van der Waals surface area contributed by atoms with Gasteiger partial charge in [0.1, 0.15) is 5.51 Å². The lowest BCUT2D eigenvalue weighted by Crippen LogP contribution is -2.10. The van der Waals surface area contributed by atoms with Gasteiger partial charge in [0.25, 0.3) is 5.91 Å². The van der Waals surface area contributed by atoms with Crippen molar-refractivity contribution in [3.8, 4) is 0 Å². The normalized spacial score (nSPS) is 10.7. The van der Waals surface area contributed by atoms with Gasteiger partial charge < -0.3 is 5.11 Å². The zero-order valence-electron chi connectivity index (χ0n) is 8.86. The van der Waals surface area contributed by atoms with Gasteiger partial charge in [-0.25, -0.2) is 4.79 Å². The zero-order chi connectivity index (χ0) is 13.0. The fraction of sp³-hybridized carbons (Fsp3) is 0. The largest absolute Gasteiger partial charge is 0.478 e. The van der Waals surface area contributed by atoms with Crippen molar-refractivity contribution < 1.29 is 14.7 Å². The quantitative estimate of drug-likeness (QED) is 0.836. The molecule has 0 radical (unpaired) electrons. The second kappa shape index (κ2) is 5.52. The number of anilines is 1. The van der Waals surface area contributed by atoms with E-state index in [1.54, 1.807) is 11.4 Å². The number of aliphatic carboxylic acids is 1. The first kappa shape index (κ1) is 12.4. The van der Waals surface area contributed by atoms with Crippen molar-refractivity contribution in [2.24, 2.45) is 0 Å². The van der Waals surface area contributed by atoms with Gasteiger partial charge in [-0.1, -0.05) is 11.3 Å². The summed E-state index contributed by atoms with van der Waals surface area (Å²) in [5.74, 6) is -1.32. The number of aromatic nitrogens is 2. The molecular weight excluding hydrogens is 274 g/mol. The molecule has 0 bridgehead atoms. The van der Waals surface area contributed by atoms with Crippen LogP contribution in [0.2, 0.25) is 0 Å². The molecule has 0 fully saturated rings. The van der Waals surface area contributed by atoms with Crippen LogP contribution in [-0.4, -0.2) is 27.2 Å². The third kappa shape index (κ3) is 3.22. The smallest absolute Gasteiger partial charge is 0.328 e. The number of nitrogens with zero attached hydrogens (tertiary/aromatic N) is 2. The lowest BCUT2D eigenvalue weighted by atomic mass is 10.3. The van der Waals surface area contributed by atoms with Crippen molar-refractivity contribution in [3.05, 3.63) is 33.5 Å². The van der Waals surface area contributed by atoms with Gasteiger partial charge in [0.05, 0.1) is 5.56 Å². The Bertz CT molecular complexity index is 589. The molecule has 0 aromatic carbocycles.